The zero-order valence-corrected chi connectivity index (χ0v) is 21.7. The molecule has 0 radical (unpaired) electrons. The largest absolute Gasteiger partial charge is 0.482 e. The Morgan fingerprint density at radius 2 is 1.71 bits per heavy atom. The van der Waals surface area contributed by atoms with Gasteiger partial charge in [0, 0.05) is 21.4 Å². The van der Waals surface area contributed by atoms with Gasteiger partial charge >= 0.3 is 0 Å². The van der Waals surface area contributed by atoms with Crippen LogP contribution < -0.4 is 15.4 Å². The molecule has 0 aliphatic rings. The van der Waals surface area contributed by atoms with Gasteiger partial charge in [0.2, 0.25) is 0 Å². The number of aryl methyl sites for hydroxylation is 2. The molecule has 0 heterocycles. The van der Waals surface area contributed by atoms with E-state index in [0.717, 1.165) is 11.1 Å². The van der Waals surface area contributed by atoms with Crippen LogP contribution in [0.25, 0.3) is 6.08 Å². The van der Waals surface area contributed by atoms with Gasteiger partial charge < -0.3 is 15.4 Å². The Morgan fingerprint density at radius 1 is 0.971 bits per heavy atom. The fourth-order valence-electron chi connectivity index (χ4n) is 3.02. The molecule has 6 nitrogen and oxygen atoms in total. The highest BCUT2D eigenvalue weighted by Gasteiger charge is 2.15. The van der Waals surface area contributed by atoms with Crippen LogP contribution in [0.3, 0.4) is 0 Å². The van der Waals surface area contributed by atoms with Gasteiger partial charge in [0.25, 0.3) is 11.8 Å². The smallest absolute Gasteiger partial charge is 0.266 e. The van der Waals surface area contributed by atoms with E-state index in [1.165, 1.54) is 6.08 Å². The number of nitriles is 1. The summed E-state index contributed by atoms with van der Waals surface area (Å²) in [5, 5.41) is 15.1. The molecule has 0 atom stereocenters. The first-order valence-electron chi connectivity index (χ1n) is 10.2. The van der Waals surface area contributed by atoms with Crippen molar-refractivity contribution in [3.05, 3.63) is 91.9 Å². The van der Waals surface area contributed by atoms with Gasteiger partial charge in [-0.05, 0) is 83.4 Å². The van der Waals surface area contributed by atoms with Crippen LogP contribution >= 0.6 is 31.9 Å². The van der Waals surface area contributed by atoms with Crippen LogP contribution in [0.4, 0.5) is 11.4 Å². The molecule has 0 aliphatic heterocycles. The van der Waals surface area contributed by atoms with Gasteiger partial charge in [-0.15, -0.1) is 0 Å². The molecule has 3 aromatic carbocycles. The number of halogens is 2. The molecule has 2 N–H and O–H groups in total. The number of nitrogens with one attached hydrogen (secondary N) is 2. The molecule has 0 aromatic heterocycles. The maximum absolute atomic E-state index is 12.6. The first-order chi connectivity index (χ1) is 16.3. The third-order valence-corrected chi connectivity index (χ3v) is 5.92. The van der Waals surface area contributed by atoms with Crippen molar-refractivity contribution in [2.45, 2.75) is 13.8 Å². The van der Waals surface area contributed by atoms with E-state index in [0.29, 0.717) is 31.6 Å². The van der Waals surface area contributed by atoms with Crippen molar-refractivity contribution in [1.29, 1.82) is 5.26 Å². The highest BCUT2D eigenvalue weighted by molar-refractivity contribution is 9.11. The second-order valence-electron chi connectivity index (χ2n) is 7.43. The third kappa shape index (κ3) is 6.80. The van der Waals surface area contributed by atoms with Gasteiger partial charge in [0.05, 0.1) is 4.47 Å². The van der Waals surface area contributed by atoms with Gasteiger partial charge in [-0.25, -0.2) is 0 Å². The molecule has 172 valence electrons. The van der Waals surface area contributed by atoms with Crippen molar-refractivity contribution >= 4 is 61.1 Å². The molecule has 0 bridgehead atoms. The SMILES string of the molecule is Cc1ccc(NC(=O)COc2c(Br)cc(Br)cc2/C=C(\C#N)C(=O)Nc2ccccc2)cc1C. The van der Waals surface area contributed by atoms with Gasteiger partial charge in [-0.1, -0.05) is 40.2 Å². The molecule has 3 rings (SSSR count). The number of carbonyl (C=O) groups is 2. The Hall–Kier alpha value is -3.41. The van der Waals surface area contributed by atoms with Crippen LogP contribution in [0.1, 0.15) is 16.7 Å². The van der Waals surface area contributed by atoms with E-state index in [1.807, 2.05) is 44.2 Å². The van der Waals surface area contributed by atoms with Crippen molar-refractivity contribution in [1.82, 2.24) is 0 Å². The first kappa shape index (κ1) is 25.2. The van der Waals surface area contributed by atoms with E-state index in [1.54, 1.807) is 36.4 Å². The Labute approximate surface area is 214 Å². The number of hydrogen-bond donors (Lipinski definition) is 2. The zero-order chi connectivity index (χ0) is 24.7. The van der Waals surface area contributed by atoms with Gasteiger partial charge in [0.15, 0.2) is 6.61 Å². The lowest BCUT2D eigenvalue weighted by atomic mass is 10.1. The summed E-state index contributed by atoms with van der Waals surface area (Å²) in [4.78, 5) is 25.1. The summed E-state index contributed by atoms with van der Waals surface area (Å²) >= 11 is 6.84. The van der Waals surface area contributed by atoms with Crippen LogP contribution in [0.15, 0.2) is 75.2 Å². The number of para-hydroxylation sites is 1. The van der Waals surface area contributed by atoms with Crippen molar-refractivity contribution in [2.75, 3.05) is 17.2 Å². The molecule has 0 spiro atoms. The van der Waals surface area contributed by atoms with Crippen molar-refractivity contribution in [3.8, 4) is 11.8 Å². The summed E-state index contributed by atoms with van der Waals surface area (Å²) in [5.74, 6) is -0.558. The molecule has 0 saturated heterocycles. The predicted octanol–water partition coefficient (Wildman–Crippen LogP) is 6.39. The second-order valence-corrected chi connectivity index (χ2v) is 9.20. The molecule has 0 fully saturated rings. The number of benzene rings is 3. The normalized spacial score (nSPS) is 10.9. The van der Waals surface area contributed by atoms with Crippen molar-refractivity contribution in [2.24, 2.45) is 0 Å². The van der Waals surface area contributed by atoms with Gasteiger partial charge in [-0.3, -0.25) is 9.59 Å². The van der Waals surface area contributed by atoms with E-state index < -0.39 is 5.91 Å². The minimum absolute atomic E-state index is 0.113. The van der Waals surface area contributed by atoms with Crippen LogP contribution in [0.5, 0.6) is 5.75 Å². The maximum atomic E-state index is 12.6. The van der Waals surface area contributed by atoms with Crippen molar-refractivity contribution in [3.63, 3.8) is 0 Å². The Balaban J connectivity index is 1.79. The predicted molar refractivity (Wildman–Crippen MR) is 141 cm³/mol. The van der Waals surface area contributed by atoms with Crippen LogP contribution in [-0.2, 0) is 9.59 Å². The third-order valence-electron chi connectivity index (χ3n) is 4.87. The van der Waals surface area contributed by atoms with E-state index >= 15 is 0 Å². The summed E-state index contributed by atoms with van der Waals surface area (Å²) in [6.45, 7) is 3.71. The topological polar surface area (TPSA) is 91.2 Å². The zero-order valence-electron chi connectivity index (χ0n) is 18.5. The fourth-order valence-corrected chi connectivity index (χ4v) is 4.39. The standard InChI is InChI=1S/C26H21Br2N3O3/c1-16-8-9-22(10-17(16)2)30-24(32)15-34-25-18(12-20(27)13-23(25)28)11-19(14-29)26(33)31-21-6-4-3-5-7-21/h3-13H,15H2,1-2H3,(H,30,32)(H,31,33)/b19-11+. The van der Waals surface area contributed by atoms with Crippen molar-refractivity contribution < 1.29 is 14.3 Å². The number of rotatable bonds is 7. The lowest BCUT2D eigenvalue weighted by Crippen LogP contribution is -2.20. The number of ether oxygens (including phenoxy) is 1. The number of carbonyl (C=O) groups excluding carboxylic acids is 2. The molecular formula is C26H21Br2N3O3. The van der Waals surface area contributed by atoms with Gasteiger partial charge in [-0.2, -0.15) is 5.26 Å². The fraction of sp³-hybridized carbons (Fsp3) is 0.115. The summed E-state index contributed by atoms with van der Waals surface area (Å²) in [6, 6.07) is 19.9. The quantitative estimate of drug-likeness (QED) is 0.249. The molecule has 0 aliphatic carbocycles. The first-order valence-corrected chi connectivity index (χ1v) is 11.8. The Bertz CT molecular complexity index is 1300. The Morgan fingerprint density at radius 3 is 2.38 bits per heavy atom. The lowest BCUT2D eigenvalue weighted by molar-refractivity contribution is -0.118. The second kappa shape index (κ2) is 11.6. The average Bonchev–Trinajstić information content (AvgIpc) is 2.79. The molecule has 2 amide bonds. The monoisotopic (exact) mass is 581 g/mol. The number of amides is 2. The van der Waals surface area contributed by atoms with E-state index in [2.05, 4.69) is 42.5 Å². The van der Waals surface area contributed by atoms with E-state index in [-0.39, 0.29) is 18.1 Å². The summed E-state index contributed by atoms with van der Waals surface area (Å²) in [6.07, 6.45) is 1.42. The molecule has 3 aromatic rings. The number of hydrogen-bond acceptors (Lipinski definition) is 4. The van der Waals surface area contributed by atoms with Crippen LogP contribution in [-0.4, -0.2) is 18.4 Å². The van der Waals surface area contributed by atoms with Crippen LogP contribution in [0.2, 0.25) is 0 Å². The minimum atomic E-state index is -0.553. The number of anilines is 2. The molecule has 0 saturated carbocycles. The average molecular weight is 583 g/mol. The summed E-state index contributed by atoms with van der Waals surface area (Å²) < 4.78 is 7.06. The summed E-state index contributed by atoms with van der Waals surface area (Å²) in [7, 11) is 0. The van der Waals surface area contributed by atoms with E-state index in [4.69, 9.17) is 4.74 Å². The molecule has 0 unspecified atom stereocenters. The van der Waals surface area contributed by atoms with Gasteiger partial charge in [0.1, 0.15) is 17.4 Å². The Kier molecular flexibility index (Phi) is 8.63. The van der Waals surface area contributed by atoms with E-state index in [9.17, 15) is 14.9 Å². The molecule has 8 heteroatoms. The van der Waals surface area contributed by atoms with Crippen LogP contribution in [0, 0.1) is 25.2 Å². The number of nitrogens with zero attached hydrogens (tertiary/aromatic N) is 1. The molecular weight excluding hydrogens is 562 g/mol. The summed E-state index contributed by atoms with van der Waals surface area (Å²) in [5.41, 5.74) is 3.80. The highest BCUT2D eigenvalue weighted by Crippen LogP contribution is 2.34. The molecule has 34 heavy (non-hydrogen) atoms. The lowest BCUT2D eigenvalue weighted by Gasteiger charge is -2.13. The minimum Gasteiger partial charge on any atom is -0.482 e. The maximum Gasteiger partial charge on any atom is 0.266 e. The highest BCUT2D eigenvalue weighted by atomic mass is 79.9.